The fourth-order valence-corrected chi connectivity index (χ4v) is 1.60. The molecule has 0 heterocycles. The maximum absolute atomic E-state index is 13.4. The van der Waals surface area contributed by atoms with Crippen molar-refractivity contribution in [1.82, 2.24) is 0 Å². The average Bonchev–Trinajstić information content (AvgIpc) is 2.25. The summed E-state index contributed by atoms with van der Waals surface area (Å²) in [6.45, 7) is 3.62. The Labute approximate surface area is 95.4 Å². The third kappa shape index (κ3) is 2.89. The highest BCUT2D eigenvalue weighted by molar-refractivity contribution is 5.84. The van der Waals surface area contributed by atoms with Crippen LogP contribution in [0.5, 0.6) is 0 Å². The minimum Gasteiger partial charge on any atom is -0.369 e. The van der Waals surface area contributed by atoms with Gasteiger partial charge in [0.05, 0.1) is 0 Å². The first-order valence-electron chi connectivity index (χ1n) is 5.41. The number of carbonyl (C=O) groups is 1. The van der Waals surface area contributed by atoms with Gasteiger partial charge in [0.25, 0.3) is 0 Å². The van der Waals surface area contributed by atoms with Crippen LogP contribution in [0.25, 0.3) is 0 Å². The van der Waals surface area contributed by atoms with Crippen LogP contribution in [0.1, 0.15) is 37.0 Å². The Morgan fingerprint density at radius 3 is 2.69 bits per heavy atom. The molecular weight excluding hydrogens is 207 g/mol. The maximum Gasteiger partial charge on any atom is 0.166 e. The van der Waals surface area contributed by atoms with Gasteiger partial charge in [-0.05, 0) is 30.5 Å². The van der Waals surface area contributed by atoms with Crippen LogP contribution in [0, 0.1) is 12.7 Å². The van der Waals surface area contributed by atoms with Crippen molar-refractivity contribution < 1.29 is 13.9 Å². The van der Waals surface area contributed by atoms with Crippen molar-refractivity contribution in [1.29, 1.82) is 0 Å². The summed E-state index contributed by atoms with van der Waals surface area (Å²) in [5.41, 5.74) is 1.16. The first-order chi connectivity index (χ1) is 7.60. The monoisotopic (exact) mass is 224 g/mol. The molecule has 3 heteroatoms. The summed E-state index contributed by atoms with van der Waals surface area (Å²) in [6, 6.07) is 4.77. The second-order valence-corrected chi connectivity index (χ2v) is 3.84. The van der Waals surface area contributed by atoms with Crippen molar-refractivity contribution in [3.63, 3.8) is 0 Å². The van der Waals surface area contributed by atoms with Gasteiger partial charge in [-0.25, -0.2) is 4.39 Å². The van der Waals surface area contributed by atoms with E-state index in [2.05, 4.69) is 0 Å². The molecule has 88 valence electrons. The molecule has 0 saturated heterocycles. The third-order valence-electron chi connectivity index (χ3n) is 2.52. The van der Waals surface area contributed by atoms with Crippen LogP contribution in [-0.2, 0) is 9.53 Å². The van der Waals surface area contributed by atoms with Gasteiger partial charge in [-0.2, -0.15) is 0 Å². The molecule has 1 aromatic carbocycles. The van der Waals surface area contributed by atoms with E-state index >= 15 is 0 Å². The molecular formula is C13H17FO2. The predicted octanol–water partition coefficient (Wildman–Crippen LogP) is 3.19. The number of Topliss-reactive ketones (excluding diaryl/α,β-unsaturated/α-hetero) is 1. The maximum atomic E-state index is 13.4. The lowest BCUT2D eigenvalue weighted by molar-refractivity contribution is -0.129. The van der Waals surface area contributed by atoms with Crippen LogP contribution >= 0.6 is 0 Å². The zero-order valence-corrected chi connectivity index (χ0v) is 9.92. The molecule has 0 aliphatic carbocycles. The molecule has 2 nitrogen and oxygen atoms in total. The van der Waals surface area contributed by atoms with Gasteiger partial charge in [-0.15, -0.1) is 0 Å². The van der Waals surface area contributed by atoms with Gasteiger partial charge in [-0.3, -0.25) is 4.79 Å². The zero-order chi connectivity index (χ0) is 12.1. The topological polar surface area (TPSA) is 26.3 Å². The highest BCUT2D eigenvalue weighted by atomic mass is 19.1. The fraction of sp³-hybridized carbons (Fsp3) is 0.462. The number of rotatable bonds is 5. The smallest absolute Gasteiger partial charge is 0.166 e. The number of ketones is 1. The second-order valence-electron chi connectivity index (χ2n) is 3.84. The highest BCUT2D eigenvalue weighted by Crippen LogP contribution is 2.21. The SMILES string of the molecule is CCCC(=O)C(OC)c1ccc(C)c(F)c1. The van der Waals surface area contributed by atoms with E-state index in [4.69, 9.17) is 4.74 Å². The molecule has 0 bridgehead atoms. The second kappa shape index (κ2) is 5.75. The van der Waals surface area contributed by atoms with E-state index in [-0.39, 0.29) is 11.6 Å². The molecule has 0 radical (unpaired) electrons. The molecule has 0 aliphatic rings. The Hall–Kier alpha value is -1.22. The first-order valence-corrected chi connectivity index (χ1v) is 5.41. The Kier molecular flexibility index (Phi) is 4.62. The van der Waals surface area contributed by atoms with Crippen molar-refractivity contribution in [2.75, 3.05) is 7.11 Å². The van der Waals surface area contributed by atoms with Crippen LogP contribution < -0.4 is 0 Å². The quantitative estimate of drug-likeness (QED) is 0.767. The molecule has 0 aromatic heterocycles. The number of halogens is 1. The standard InChI is InChI=1S/C13H17FO2/c1-4-5-12(15)13(16-3)10-7-6-9(2)11(14)8-10/h6-8,13H,4-5H2,1-3H3. The Morgan fingerprint density at radius 2 is 2.19 bits per heavy atom. The molecule has 1 aromatic rings. The van der Waals surface area contributed by atoms with Crippen LogP contribution in [-0.4, -0.2) is 12.9 Å². The van der Waals surface area contributed by atoms with E-state index in [1.807, 2.05) is 6.92 Å². The summed E-state index contributed by atoms with van der Waals surface area (Å²) in [5, 5.41) is 0. The Bertz CT molecular complexity index is 374. The zero-order valence-electron chi connectivity index (χ0n) is 9.92. The Balaban J connectivity index is 2.95. The van der Waals surface area contributed by atoms with E-state index < -0.39 is 6.10 Å². The molecule has 0 N–H and O–H groups in total. The van der Waals surface area contributed by atoms with Crippen LogP contribution in [0.3, 0.4) is 0 Å². The molecule has 1 unspecified atom stereocenters. The minimum absolute atomic E-state index is 0.00625. The van der Waals surface area contributed by atoms with Crippen molar-refractivity contribution in [2.24, 2.45) is 0 Å². The number of methoxy groups -OCH3 is 1. The van der Waals surface area contributed by atoms with Gasteiger partial charge in [0.2, 0.25) is 0 Å². The summed E-state index contributed by atoms with van der Waals surface area (Å²) in [5.74, 6) is -0.308. The molecule has 0 aliphatic heterocycles. The number of benzene rings is 1. The van der Waals surface area contributed by atoms with Crippen molar-refractivity contribution in [3.05, 3.63) is 35.1 Å². The summed E-state index contributed by atoms with van der Waals surface area (Å²) in [6.07, 6.45) is 0.580. The number of aryl methyl sites for hydroxylation is 1. The largest absolute Gasteiger partial charge is 0.369 e. The number of ether oxygens (including phenoxy) is 1. The predicted molar refractivity (Wildman–Crippen MR) is 60.8 cm³/mol. The summed E-state index contributed by atoms with van der Waals surface area (Å²) in [4.78, 5) is 11.7. The third-order valence-corrected chi connectivity index (χ3v) is 2.52. The van der Waals surface area contributed by atoms with Crippen molar-refractivity contribution in [3.8, 4) is 0 Å². The lowest BCUT2D eigenvalue weighted by atomic mass is 10.0. The molecule has 0 fully saturated rings. The number of carbonyl (C=O) groups excluding carboxylic acids is 1. The van der Waals surface area contributed by atoms with Crippen molar-refractivity contribution >= 4 is 5.78 Å². The van der Waals surface area contributed by atoms with Crippen LogP contribution in [0.15, 0.2) is 18.2 Å². The van der Waals surface area contributed by atoms with E-state index in [1.165, 1.54) is 13.2 Å². The number of hydrogen-bond donors (Lipinski definition) is 0. The minimum atomic E-state index is -0.643. The van der Waals surface area contributed by atoms with Gasteiger partial charge < -0.3 is 4.74 Å². The average molecular weight is 224 g/mol. The van der Waals surface area contributed by atoms with E-state index in [1.54, 1.807) is 19.1 Å². The Morgan fingerprint density at radius 1 is 1.50 bits per heavy atom. The van der Waals surface area contributed by atoms with E-state index in [0.29, 0.717) is 17.5 Å². The number of hydrogen-bond acceptors (Lipinski definition) is 2. The van der Waals surface area contributed by atoms with Crippen LogP contribution in [0.2, 0.25) is 0 Å². The summed E-state index contributed by atoms with van der Waals surface area (Å²) >= 11 is 0. The molecule has 1 rings (SSSR count). The molecule has 0 spiro atoms. The van der Waals surface area contributed by atoms with E-state index in [0.717, 1.165) is 6.42 Å². The van der Waals surface area contributed by atoms with Gasteiger partial charge >= 0.3 is 0 Å². The van der Waals surface area contributed by atoms with Crippen molar-refractivity contribution in [2.45, 2.75) is 32.8 Å². The highest BCUT2D eigenvalue weighted by Gasteiger charge is 2.19. The van der Waals surface area contributed by atoms with Gasteiger partial charge in [0.1, 0.15) is 11.9 Å². The summed E-state index contributed by atoms with van der Waals surface area (Å²) < 4.78 is 18.5. The normalized spacial score (nSPS) is 12.5. The summed E-state index contributed by atoms with van der Waals surface area (Å²) in [7, 11) is 1.47. The van der Waals surface area contributed by atoms with Gasteiger partial charge in [-0.1, -0.05) is 19.1 Å². The van der Waals surface area contributed by atoms with Crippen LogP contribution in [0.4, 0.5) is 4.39 Å². The molecule has 0 saturated carbocycles. The lowest BCUT2D eigenvalue weighted by Gasteiger charge is -2.14. The lowest BCUT2D eigenvalue weighted by Crippen LogP contribution is -2.14. The van der Waals surface area contributed by atoms with E-state index in [9.17, 15) is 9.18 Å². The fourth-order valence-electron chi connectivity index (χ4n) is 1.60. The van der Waals surface area contributed by atoms with Gasteiger partial charge in [0.15, 0.2) is 5.78 Å². The molecule has 1 atom stereocenters. The molecule has 0 amide bonds. The molecule has 16 heavy (non-hydrogen) atoms. The van der Waals surface area contributed by atoms with Gasteiger partial charge in [0, 0.05) is 13.5 Å². The first kappa shape index (κ1) is 12.8.